The molecular formula is C26H34F3N3O4. The molecule has 1 amide bonds. The molecule has 198 valence electrons. The summed E-state index contributed by atoms with van der Waals surface area (Å²) in [6, 6.07) is 10.4. The number of hydrogen-bond acceptors (Lipinski definition) is 6. The molecule has 0 bridgehead atoms. The van der Waals surface area contributed by atoms with E-state index < -0.39 is 18.7 Å². The third-order valence-electron chi connectivity index (χ3n) is 5.89. The lowest BCUT2D eigenvalue weighted by Crippen LogP contribution is -2.32. The van der Waals surface area contributed by atoms with Gasteiger partial charge in [-0.05, 0) is 55.5 Å². The minimum Gasteiger partial charge on any atom is -0.488 e. The molecule has 10 heteroatoms. The zero-order valence-corrected chi connectivity index (χ0v) is 20.7. The van der Waals surface area contributed by atoms with Gasteiger partial charge in [0.05, 0.1) is 11.3 Å². The van der Waals surface area contributed by atoms with Crippen molar-refractivity contribution in [1.82, 2.24) is 5.32 Å². The van der Waals surface area contributed by atoms with Crippen LogP contribution in [0.5, 0.6) is 11.5 Å². The lowest BCUT2D eigenvalue weighted by Gasteiger charge is -2.22. The van der Waals surface area contributed by atoms with E-state index in [1.807, 2.05) is 13.0 Å². The molecule has 7 nitrogen and oxygen atoms in total. The molecule has 0 spiro atoms. The Balaban J connectivity index is 1.53. The Bertz CT molecular complexity index is 1020. The number of nitrogens with two attached hydrogens (primary N) is 1. The molecule has 1 unspecified atom stereocenters. The van der Waals surface area contributed by atoms with Crippen molar-refractivity contribution in [3.63, 3.8) is 0 Å². The number of halogens is 3. The fourth-order valence-corrected chi connectivity index (χ4v) is 4.36. The molecule has 0 fully saturated rings. The van der Waals surface area contributed by atoms with Gasteiger partial charge in [-0.2, -0.15) is 13.2 Å². The molecule has 2 aromatic rings. The fourth-order valence-electron chi connectivity index (χ4n) is 4.36. The highest BCUT2D eigenvalue weighted by Gasteiger charge is 2.29. The summed E-state index contributed by atoms with van der Waals surface area (Å²) in [5, 5.41) is 3.35. The average molecular weight is 510 g/mol. The van der Waals surface area contributed by atoms with Crippen LogP contribution in [0.4, 0.5) is 18.9 Å². The van der Waals surface area contributed by atoms with Crippen LogP contribution in [0.25, 0.3) is 0 Å². The number of alkyl halides is 3. The van der Waals surface area contributed by atoms with E-state index in [4.69, 9.17) is 19.9 Å². The maximum Gasteiger partial charge on any atom is 0.422 e. The molecule has 3 N–H and O–H groups in total. The Hall–Kier alpha value is -2.98. The largest absolute Gasteiger partial charge is 0.488 e. The van der Waals surface area contributed by atoms with Crippen LogP contribution in [0.2, 0.25) is 0 Å². The van der Waals surface area contributed by atoms with Gasteiger partial charge in [-0.25, -0.2) is 0 Å². The van der Waals surface area contributed by atoms with E-state index in [0.717, 1.165) is 42.7 Å². The van der Waals surface area contributed by atoms with Crippen LogP contribution >= 0.6 is 0 Å². The van der Waals surface area contributed by atoms with E-state index in [1.54, 1.807) is 25.3 Å². The molecule has 2 aromatic carbocycles. The molecule has 0 saturated heterocycles. The highest BCUT2D eigenvalue weighted by molar-refractivity contribution is 6.00. The Morgan fingerprint density at radius 3 is 2.56 bits per heavy atom. The van der Waals surface area contributed by atoms with Gasteiger partial charge in [-0.1, -0.05) is 18.2 Å². The molecule has 3 rings (SSSR count). The normalized spacial score (nSPS) is 14.0. The van der Waals surface area contributed by atoms with Crippen LogP contribution < -0.4 is 25.4 Å². The highest BCUT2D eigenvalue weighted by Crippen LogP contribution is 2.33. The van der Waals surface area contributed by atoms with Gasteiger partial charge >= 0.3 is 6.18 Å². The first kappa shape index (κ1) is 27.6. The van der Waals surface area contributed by atoms with Gasteiger partial charge in [0.25, 0.3) is 5.91 Å². The van der Waals surface area contributed by atoms with E-state index in [1.165, 1.54) is 6.07 Å². The molecule has 0 aliphatic carbocycles. The number of hydrogen-bond donors (Lipinski definition) is 2. The number of nitrogens with one attached hydrogen (secondary N) is 1. The number of para-hydroxylation sites is 2. The van der Waals surface area contributed by atoms with E-state index in [0.29, 0.717) is 25.1 Å². The van der Waals surface area contributed by atoms with Crippen molar-refractivity contribution in [3.05, 3.63) is 53.1 Å². The number of ether oxygens (including phenoxy) is 3. The molecule has 1 aliphatic rings. The number of anilines is 1. The summed E-state index contributed by atoms with van der Waals surface area (Å²) in [6.45, 7) is 3.70. The van der Waals surface area contributed by atoms with E-state index in [-0.39, 0.29) is 24.1 Å². The topological polar surface area (TPSA) is 86.1 Å². The van der Waals surface area contributed by atoms with Crippen molar-refractivity contribution >= 4 is 11.6 Å². The van der Waals surface area contributed by atoms with Gasteiger partial charge < -0.3 is 30.2 Å². The Kier molecular flexibility index (Phi) is 9.83. The second kappa shape index (κ2) is 12.8. The van der Waals surface area contributed by atoms with Gasteiger partial charge in [0.1, 0.15) is 6.61 Å². The molecule has 1 atom stereocenters. The third-order valence-corrected chi connectivity index (χ3v) is 5.89. The first-order valence-electron chi connectivity index (χ1n) is 12.0. The van der Waals surface area contributed by atoms with Crippen molar-refractivity contribution in [2.45, 2.75) is 38.4 Å². The molecule has 1 aliphatic heterocycles. The van der Waals surface area contributed by atoms with Crippen molar-refractivity contribution in [2.75, 3.05) is 51.5 Å². The monoisotopic (exact) mass is 509 g/mol. The van der Waals surface area contributed by atoms with Crippen LogP contribution in [0.1, 0.15) is 34.8 Å². The van der Waals surface area contributed by atoms with Crippen molar-refractivity contribution in [1.29, 1.82) is 0 Å². The van der Waals surface area contributed by atoms with Crippen molar-refractivity contribution in [2.24, 2.45) is 5.73 Å². The van der Waals surface area contributed by atoms with E-state index >= 15 is 0 Å². The molecular weight excluding hydrogens is 475 g/mol. The first-order chi connectivity index (χ1) is 17.2. The van der Waals surface area contributed by atoms with E-state index in [2.05, 4.69) is 16.3 Å². The number of methoxy groups -OCH3 is 1. The van der Waals surface area contributed by atoms with E-state index in [9.17, 15) is 18.0 Å². The van der Waals surface area contributed by atoms with Crippen LogP contribution in [-0.2, 0) is 17.6 Å². The molecule has 1 heterocycles. The minimum atomic E-state index is -4.42. The molecule has 0 aromatic heterocycles. The number of fused-ring (bicyclic) bond motifs is 1. The van der Waals surface area contributed by atoms with Gasteiger partial charge in [-0.15, -0.1) is 0 Å². The average Bonchev–Trinajstić information content (AvgIpc) is 3.23. The highest BCUT2D eigenvalue weighted by atomic mass is 19.4. The van der Waals surface area contributed by atoms with Gasteiger partial charge in [0.15, 0.2) is 18.1 Å². The predicted molar refractivity (Wildman–Crippen MR) is 132 cm³/mol. The van der Waals surface area contributed by atoms with Crippen LogP contribution in [0, 0.1) is 0 Å². The summed E-state index contributed by atoms with van der Waals surface area (Å²) in [6.07, 6.45) is -2.00. The van der Waals surface area contributed by atoms with Gasteiger partial charge in [-0.3, -0.25) is 4.79 Å². The first-order valence-corrected chi connectivity index (χ1v) is 12.0. The molecule has 0 saturated carbocycles. The maximum absolute atomic E-state index is 12.5. The minimum absolute atomic E-state index is 0.0521. The summed E-state index contributed by atoms with van der Waals surface area (Å²) >= 11 is 0. The van der Waals surface area contributed by atoms with Crippen LogP contribution in [0.15, 0.2) is 36.4 Å². The number of amides is 1. The number of rotatable bonds is 14. The number of benzene rings is 2. The lowest BCUT2D eigenvalue weighted by atomic mass is 9.98. The van der Waals surface area contributed by atoms with Gasteiger partial charge in [0, 0.05) is 39.4 Å². The summed E-state index contributed by atoms with van der Waals surface area (Å²) in [5.74, 6) is -0.126. The number of carbonyl (C=O) groups excluding carboxylic acids is 1. The molecule has 0 radical (unpaired) electrons. The second-order valence-electron chi connectivity index (χ2n) is 8.86. The standard InChI is InChI=1S/C26H34F3N3O4/c1-18(31-9-13-35-22-6-3-4-7-23(22)36-17-26(27,28)29)14-19-15-20-8-11-32(10-5-12-34-2)24(20)21(16-19)25(30)33/h3-4,6-7,15-16,18,31H,5,8-14,17H2,1-2H3,(H2,30,33). The quantitative estimate of drug-likeness (QED) is 0.378. The van der Waals surface area contributed by atoms with Crippen LogP contribution in [0.3, 0.4) is 0 Å². The SMILES string of the molecule is COCCCN1CCc2cc(CC(C)NCCOc3ccccc3OCC(F)(F)F)cc(C(N)=O)c21. The summed E-state index contributed by atoms with van der Waals surface area (Å²) in [5.41, 5.74) is 9.35. The van der Waals surface area contributed by atoms with Crippen molar-refractivity contribution in [3.8, 4) is 11.5 Å². The third kappa shape index (κ3) is 8.03. The van der Waals surface area contributed by atoms with Crippen molar-refractivity contribution < 1.29 is 32.2 Å². The van der Waals surface area contributed by atoms with Gasteiger partial charge in [0.2, 0.25) is 0 Å². The smallest absolute Gasteiger partial charge is 0.422 e. The van der Waals surface area contributed by atoms with Crippen LogP contribution in [-0.4, -0.2) is 64.7 Å². The number of carbonyl (C=O) groups is 1. The lowest BCUT2D eigenvalue weighted by molar-refractivity contribution is -0.153. The second-order valence-corrected chi connectivity index (χ2v) is 8.86. The fraction of sp³-hybridized carbons (Fsp3) is 0.500. The zero-order valence-electron chi connectivity index (χ0n) is 20.7. The Morgan fingerprint density at radius 2 is 1.89 bits per heavy atom. The summed E-state index contributed by atoms with van der Waals surface area (Å²) < 4.78 is 53.0. The maximum atomic E-state index is 12.5. The summed E-state index contributed by atoms with van der Waals surface area (Å²) in [4.78, 5) is 14.4. The number of nitrogens with zero attached hydrogens (tertiary/aromatic N) is 1. The predicted octanol–water partition coefficient (Wildman–Crippen LogP) is 3.73. The Morgan fingerprint density at radius 1 is 1.17 bits per heavy atom. The molecule has 36 heavy (non-hydrogen) atoms. The zero-order chi connectivity index (χ0) is 26.1. The Labute approximate surface area is 209 Å². The number of primary amides is 1. The summed E-state index contributed by atoms with van der Waals surface area (Å²) in [7, 11) is 1.67.